The molecule has 1 aromatic carbocycles. The standard InChI is InChI=1S/C25H26Cl2N2O4/c1-14-10-17(15(2)29(14)18-7-8-21(26)22(27)12-18)11-20-23(25(31)32-4)16(3)28(24(20)30)13-19-6-5-9-33-19/h7-8,10-12,19H,5-6,9,13H2,1-4H3/b20-11-. The zero-order valence-electron chi connectivity index (χ0n) is 19.1. The number of halogens is 2. The molecule has 0 radical (unpaired) electrons. The van der Waals surface area contributed by atoms with E-state index in [1.54, 1.807) is 30.0 Å². The molecule has 1 saturated heterocycles. The lowest BCUT2D eigenvalue weighted by Gasteiger charge is -2.21. The van der Waals surface area contributed by atoms with E-state index in [-0.39, 0.29) is 12.0 Å². The molecule has 2 aliphatic heterocycles. The van der Waals surface area contributed by atoms with Crippen LogP contribution < -0.4 is 0 Å². The van der Waals surface area contributed by atoms with Crippen molar-refractivity contribution in [3.8, 4) is 5.69 Å². The fourth-order valence-electron chi connectivity index (χ4n) is 4.55. The van der Waals surface area contributed by atoms with Gasteiger partial charge in [0.25, 0.3) is 5.91 Å². The first kappa shape index (κ1) is 23.6. The van der Waals surface area contributed by atoms with Crippen molar-refractivity contribution in [3.63, 3.8) is 0 Å². The van der Waals surface area contributed by atoms with Crippen LogP contribution in [0.4, 0.5) is 0 Å². The second-order valence-corrected chi connectivity index (χ2v) is 9.14. The van der Waals surface area contributed by atoms with Gasteiger partial charge in [-0.1, -0.05) is 23.2 Å². The molecule has 0 bridgehead atoms. The third kappa shape index (κ3) is 4.35. The van der Waals surface area contributed by atoms with Gasteiger partial charge in [0.2, 0.25) is 0 Å². The summed E-state index contributed by atoms with van der Waals surface area (Å²) in [5, 5.41) is 0.945. The molecule has 1 fully saturated rings. The Bertz CT molecular complexity index is 1190. The first-order valence-corrected chi connectivity index (χ1v) is 11.6. The first-order valence-electron chi connectivity index (χ1n) is 10.8. The summed E-state index contributed by atoms with van der Waals surface area (Å²) in [6.07, 6.45) is 3.61. The molecule has 6 nitrogen and oxygen atoms in total. The first-order chi connectivity index (χ1) is 15.7. The van der Waals surface area contributed by atoms with Gasteiger partial charge in [-0.15, -0.1) is 0 Å². The average Bonchev–Trinajstić information content (AvgIpc) is 3.45. The van der Waals surface area contributed by atoms with E-state index in [0.29, 0.717) is 40.0 Å². The third-order valence-corrected chi connectivity index (χ3v) is 6.98. The van der Waals surface area contributed by atoms with Gasteiger partial charge in [-0.2, -0.15) is 0 Å². The topological polar surface area (TPSA) is 60.8 Å². The van der Waals surface area contributed by atoms with E-state index in [1.807, 2.05) is 30.5 Å². The number of hydrogen-bond acceptors (Lipinski definition) is 4. The van der Waals surface area contributed by atoms with E-state index >= 15 is 0 Å². The van der Waals surface area contributed by atoms with Crippen LogP contribution in [0, 0.1) is 13.8 Å². The van der Waals surface area contributed by atoms with Crippen molar-refractivity contribution in [3.05, 3.63) is 68.1 Å². The number of benzene rings is 1. The number of nitrogens with zero attached hydrogens (tertiary/aromatic N) is 2. The van der Waals surface area contributed by atoms with Crippen LogP contribution >= 0.6 is 23.2 Å². The normalized spacial score (nSPS) is 19.8. The molecule has 33 heavy (non-hydrogen) atoms. The Hall–Kier alpha value is -2.54. The van der Waals surface area contributed by atoms with E-state index < -0.39 is 5.97 Å². The smallest absolute Gasteiger partial charge is 0.340 e. The Morgan fingerprint density at radius 2 is 1.97 bits per heavy atom. The molecule has 2 aromatic rings. The summed E-state index contributed by atoms with van der Waals surface area (Å²) in [6.45, 7) is 6.83. The van der Waals surface area contributed by atoms with E-state index in [1.165, 1.54) is 7.11 Å². The maximum Gasteiger partial charge on any atom is 0.340 e. The maximum atomic E-state index is 13.4. The van der Waals surface area contributed by atoms with Crippen LogP contribution in [0.15, 0.2) is 41.1 Å². The number of esters is 1. The molecule has 4 rings (SSSR count). The minimum absolute atomic E-state index is 0.0261. The molecule has 1 atom stereocenters. The molecule has 174 valence electrons. The predicted molar refractivity (Wildman–Crippen MR) is 129 cm³/mol. The third-order valence-electron chi connectivity index (χ3n) is 6.24. The van der Waals surface area contributed by atoms with Crippen LogP contribution in [-0.2, 0) is 19.1 Å². The number of aryl methyl sites for hydroxylation is 1. The van der Waals surface area contributed by atoms with E-state index in [4.69, 9.17) is 32.7 Å². The zero-order chi connectivity index (χ0) is 23.9. The van der Waals surface area contributed by atoms with Crippen LogP contribution in [0.2, 0.25) is 10.0 Å². The summed E-state index contributed by atoms with van der Waals surface area (Å²) in [4.78, 5) is 27.7. The summed E-state index contributed by atoms with van der Waals surface area (Å²) < 4.78 is 12.8. The Kier molecular flexibility index (Phi) is 6.71. The molecular formula is C25H26Cl2N2O4. The highest BCUT2D eigenvalue weighted by atomic mass is 35.5. The highest BCUT2D eigenvalue weighted by molar-refractivity contribution is 6.42. The second-order valence-electron chi connectivity index (χ2n) is 8.32. The minimum atomic E-state index is -0.528. The number of ether oxygens (including phenoxy) is 2. The number of carbonyl (C=O) groups is 2. The van der Waals surface area contributed by atoms with Crippen molar-refractivity contribution in [2.24, 2.45) is 0 Å². The largest absolute Gasteiger partial charge is 0.465 e. The molecular weight excluding hydrogens is 463 g/mol. The SMILES string of the molecule is COC(=O)C1=C(C)N(CC2CCCO2)C(=O)/C1=C\c1cc(C)n(-c2ccc(Cl)c(Cl)c2)c1C. The lowest BCUT2D eigenvalue weighted by molar-refractivity contribution is -0.136. The van der Waals surface area contributed by atoms with Gasteiger partial charge in [0.1, 0.15) is 0 Å². The van der Waals surface area contributed by atoms with Crippen molar-refractivity contribution < 1.29 is 19.1 Å². The summed E-state index contributed by atoms with van der Waals surface area (Å²) in [5.41, 5.74) is 4.76. The van der Waals surface area contributed by atoms with Crippen molar-refractivity contribution in [1.29, 1.82) is 0 Å². The number of aromatic nitrogens is 1. The Labute approximate surface area is 203 Å². The predicted octanol–water partition coefficient (Wildman–Crippen LogP) is 5.25. The average molecular weight is 489 g/mol. The molecule has 0 spiro atoms. The molecule has 0 aliphatic carbocycles. The van der Waals surface area contributed by atoms with Crippen molar-refractivity contribution in [2.45, 2.75) is 39.7 Å². The molecule has 2 aliphatic rings. The van der Waals surface area contributed by atoms with Crippen LogP contribution in [0.5, 0.6) is 0 Å². The number of allylic oxidation sites excluding steroid dienone is 1. The second kappa shape index (κ2) is 9.37. The molecule has 1 aromatic heterocycles. The Balaban J connectivity index is 1.76. The number of carbonyl (C=O) groups excluding carboxylic acids is 2. The lowest BCUT2D eigenvalue weighted by Crippen LogP contribution is -2.33. The maximum absolute atomic E-state index is 13.4. The number of methoxy groups -OCH3 is 1. The monoisotopic (exact) mass is 488 g/mol. The van der Waals surface area contributed by atoms with Crippen LogP contribution in [0.25, 0.3) is 11.8 Å². The number of amides is 1. The molecule has 3 heterocycles. The Morgan fingerprint density at radius 3 is 2.61 bits per heavy atom. The molecule has 0 saturated carbocycles. The quantitative estimate of drug-likeness (QED) is 0.425. The summed E-state index contributed by atoms with van der Waals surface area (Å²) in [7, 11) is 1.32. The van der Waals surface area contributed by atoms with Crippen LogP contribution in [0.3, 0.4) is 0 Å². The van der Waals surface area contributed by atoms with Gasteiger partial charge in [0.05, 0.1) is 40.9 Å². The highest BCUT2D eigenvalue weighted by Crippen LogP contribution is 2.34. The van der Waals surface area contributed by atoms with E-state index in [0.717, 1.165) is 35.5 Å². The molecule has 8 heteroatoms. The van der Waals surface area contributed by atoms with Gasteiger partial charge >= 0.3 is 5.97 Å². The van der Waals surface area contributed by atoms with E-state index in [2.05, 4.69) is 0 Å². The van der Waals surface area contributed by atoms with Crippen molar-refractivity contribution in [1.82, 2.24) is 9.47 Å². The van der Waals surface area contributed by atoms with Gasteiger partial charge in [-0.25, -0.2) is 4.79 Å². The lowest BCUT2D eigenvalue weighted by atomic mass is 10.0. The molecule has 0 N–H and O–H groups in total. The summed E-state index contributed by atoms with van der Waals surface area (Å²) >= 11 is 12.3. The molecule has 1 unspecified atom stereocenters. The number of hydrogen-bond donors (Lipinski definition) is 0. The zero-order valence-corrected chi connectivity index (χ0v) is 20.6. The van der Waals surface area contributed by atoms with Crippen molar-refractivity contribution >= 4 is 41.2 Å². The number of rotatable bonds is 5. The summed E-state index contributed by atoms with van der Waals surface area (Å²) in [6, 6.07) is 7.42. The highest BCUT2D eigenvalue weighted by Gasteiger charge is 2.38. The van der Waals surface area contributed by atoms with Crippen LogP contribution in [0.1, 0.15) is 36.7 Å². The fraction of sp³-hybridized carbons (Fsp3) is 0.360. The fourth-order valence-corrected chi connectivity index (χ4v) is 4.84. The molecule has 1 amide bonds. The van der Waals surface area contributed by atoms with Gasteiger partial charge in [0, 0.05) is 29.4 Å². The van der Waals surface area contributed by atoms with Crippen molar-refractivity contribution in [2.75, 3.05) is 20.3 Å². The van der Waals surface area contributed by atoms with Gasteiger partial charge < -0.3 is 18.9 Å². The van der Waals surface area contributed by atoms with E-state index in [9.17, 15) is 9.59 Å². The van der Waals surface area contributed by atoms with Crippen LogP contribution in [-0.4, -0.2) is 47.7 Å². The minimum Gasteiger partial charge on any atom is -0.465 e. The van der Waals surface area contributed by atoms with Gasteiger partial charge in [-0.3, -0.25) is 4.79 Å². The Morgan fingerprint density at radius 1 is 1.21 bits per heavy atom. The van der Waals surface area contributed by atoms with Gasteiger partial charge in [-0.05, 0) is 69.5 Å². The van der Waals surface area contributed by atoms with Gasteiger partial charge in [0.15, 0.2) is 0 Å². The summed E-state index contributed by atoms with van der Waals surface area (Å²) in [5.74, 6) is -0.747.